The first-order valence-electron chi connectivity index (χ1n) is 6.68. The van der Waals surface area contributed by atoms with Crippen molar-refractivity contribution < 1.29 is 0 Å². The first kappa shape index (κ1) is 10.3. The Hall–Kier alpha value is -0.830. The van der Waals surface area contributed by atoms with Crippen LogP contribution in [0.2, 0.25) is 0 Å². The minimum atomic E-state index is 0.617. The van der Waals surface area contributed by atoms with Crippen LogP contribution in [0.15, 0.2) is 0 Å². The zero-order chi connectivity index (χ0) is 11.0. The third-order valence-corrected chi connectivity index (χ3v) is 4.17. The molecule has 0 atom stereocenters. The van der Waals surface area contributed by atoms with E-state index in [-0.39, 0.29) is 0 Å². The van der Waals surface area contributed by atoms with Crippen LogP contribution in [0.3, 0.4) is 0 Å². The van der Waals surface area contributed by atoms with Gasteiger partial charge in [-0.05, 0) is 31.6 Å². The molecule has 88 valence electrons. The number of aromatic nitrogens is 2. The zero-order valence-corrected chi connectivity index (χ0v) is 9.91. The van der Waals surface area contributed by atoms with Crippen LogP contribution >= 0.6 is 0 Å². The lowest BCUT2D eigenvalue weighted by Gasteiger charge is -2.22. The molecule has 3 nitrogen and oxygen atoms in total. The van der Waals surface area contributed by atoms with Crippen LogP contribution in [0.1, 0.15) is 61.4 Å². The Kier molecular flexibility index (Phi) is 2.72. The van der Waals surface area contributed by atoms with Crippen LogP contribution in [0, 0.1) is 0 Å². The number of hydrogen-bond acceptors (Lipinski definition) is 2. The minimum absolute atomic E-state index is 0.617. The average molecular weight is 219 g/mol. The van der Waals surface area contributed by atoms with Gasteiger partial charge in [0.25, 0.3) is 0 Å². The maximum Gasteiger partial charge on any atom is 0.0797 e. The lowest BCUT2D eigenvalue weighted by Crippen LogP contribution is -2.10. The highest BCUT2D eigenvalue weighted by atomic mass is 15.3. The third-order valence-electron chi connectivity index (χ3n) is 4.17. The minimum Gasteiger partial charge on any atom is -0.325 e. The van der Waals surface area contributed by atoms with E-state index in [0.29, 0.717) is 6.54 Å². The van der Waals surface area contributed by atoms with E-state index in [1.807, 2.05) is 0 Å². The Balaban J connectivity index is 1.97. The van der Waals surface area contributed by atoms with E-state index in [0.717, 1.165) is 12.5 Å². The van der Waals surface area contributed by atoms with Crippen molar-refractivity contribution in [1.82, 2.24) is 9.78 Å². The van der Waals surface area contributed by atoms with Gasteiger partial charge in [0.15, 0.2) is 0 Å². The van der Waals surface area contributed by atoms with Crippen LogP contribution in [0.4, 0.5) is 0 Å². The van der Waals surface area contributed by atoms with Gasteiger partial charge in [-0.3, -0.25) is 4.68 Å². The Labute approximate surface area is 97.0 Å². The molecule has 0 bridgehead atoms. The predicted octanol–water partition coefficient (Wildman–Crippen LogP) is 2.34. The van der Waals surface area contributed by atoms with Gasteiger partial charge in [-0.2, -0.15) is 5.10 Å². The van der Waals surface area contributed by atoms with Crippen molar-refractivity contribution in [1.29, 1.82) is 0 Å². The summed E-state index contributed by atoms with van der Waals surface area (Å²) in [5.74, 6) is 0.758. The van der Waals surface area contributed by atoms with E-state index in [9.17, 15) is 0 Å². The van der Waals surface area contributed by atoms with Crippen LogP contribution in [0.5, 0.6) is 0 Å². The van der Waals surface area contributed by atoms with Gasteiger partial charge in [-0.15, -0.1) is 0 Å². The van der Waals surface area contributed by atoms with Gasteiger partial charge in [-0.25, -0.2) is 0 Å². The van der Waals surface area contributed by atoms with E-state index < -0.39 is 0 Å². The van der Waals surface area contributed by atoms with Crippen molar-refractivity contribution in [3.63, 3.8) is 0 Å². The average Bonchev–Trinajstić information content (AvgIpc) is 2.89. The van der Waals surface area contributed by atoms with Crippen molar-refractivity contribution in [3.05, 3.63) is 17.0 Å². The van der Waals surface area contributed by atoms with Crippen molar-refractivity contribution in [2.24, 2.45) is 5.73 Å². The predicted molar refractivity (Wildman–Crippen MR) is 64.3 cm³/mol. The fourth-order valence-corrected chi connectivity index (χ4v) is 3.42. The molecule has 1 saturated carbocycles. The molecular formula is C13H21N3. The second-order valence-electron chi connectivity index (χ2n) is 5.17. The molecule has 0 spiro atoms. The maximum atomic E-state index is 5.84. The zero-order valence-electron chi connectivity index (χ0n) is 9.91. The fraction of sp³-hybridized carbons (Fsp3) is 0.769. The number of nitrogens with two attached hydrogens (primary N) is 1. The molecule has 1 aliphatic heterocycles. The van der Waals surface area contributed by atoms with E-state index in [1.54, 1.807) is 5.56 Å². The molecule has 16 heavy (non-hydrogen) atoms. The van der Waals surface area contributed by atoms with E-state index >= 15 is 0 Å². The van der Waals surface area contributed by atoms with Crippen molar-refractivity contribution in [2.75, 3.05) is 0 Å². The molecule has 1 aliphatic carbocycles. The topological polar surface area (TPSA) is 43.8 Å². The lowest BCUT2D eigenvalue weighted by molar-refractivity contribution is 0.440. The fourth-order valence-electron chi connectivity index (χ4n) is 3.42. The monoisotopic (exact) mass is 219 g/mol. The Morgan fingerprint density at radius 1 is 1.19 bits per heavy atom. The van der Waals surface area contributed by atoms with E-state index in [1.165, 1.54) is 56.3 Å². The summed E-state index contributed by atoms with van der Waals surface area (Å²) in [5, 5.41) is 4.68. The molecule has 2 N–H and O–H groups in total. The first-order valence-corrected chi connectivity index (χ1v) is 6.68. The second-order valence-corrected chi connectivity index (χ2v) is 5.17. The number of rotatable bonds is 2. The maximum absolute atomic E-state index is 5.84. The molecule has 1 aromatic rings. The highest BCUT2D eigenvalue weighted by molar-refractivity contribution is 5.32. The van der Waals surface area contributed by atoms with Crippen LogP contribution in [-0.4, -0.2) is 9.78 Å². The van der Waals surface area contributed by atoms with Gasteiger partial charge >= 0.3 is 0 Å². The molecule has 3 heteroatoms. The summed E-state index contributed by atoms with van der Waals surface area (Å²) in [7, 11) is 0. The molecule has 1 fully saturated rings. The molecule has 2 aliphatic rings. The molecule has 0 radical (unpaired) electrons. The number of fused-ring (bicyclic) bond motifs is 1. The van der Waals surface area contributed by atoms with Crippen molar-refractivity contribution >= 4 is 0 Å². The summed E-state index contributed by atoms with van der Waals surface area (Å²) >= 11 is 0. The summed E-state index contributed by atoms with van der Waals surface area (Å²) in [6, 6.07) is 0. The molecule has 0 aromatic carbocycles. The molecule has 0 unspecified atom stereocenters. The van der Waals surface area contributed by atoms with Crippen LogP contribution in [0.25, 0.3) is 0 Å². The van der Waals surface area contributed by atoms with E-state index in [2.05, 4.69) is 9.78 Å². The summed E-state index contributed by atoms with van der Waals surface area (Å²) in [6.07, 6.45) is 9.39. The smallest absolute Gasteiger partial charge is 0.0797 e. The molecule has 2 heterocycles. The summed E-state index contributed by atoms with van der Waals surface area (Å²) in [6.45, 7) is 1.72. The third kappa shape index (κ3) is 1.58. The number of aryl methyl sites for hydroxylation is 1. The second kappa shape index (κ2) is 4.21. The lowest BCUT2D eigenvalue weighted by atomic mass is 9.82. The van der Waals surface area contributed by atoms with Gasteiger partial charge in [-0.1, -0.05) is 19.3 Å². The standard InChI is InChI=1S/C13H21N3/c14-9-11-13(10-5-2-1-3-6-10)12-7-4-8-16(12)15-11/h10H,1-9,14H2. The molecule has 3 rings (SSSR count). The Morgan fingerprint density at radius 2 is 2.00 bits per heavy atom. The molecule has 0 saturated heterocycles. The Morgan fingerprint density at radius 3 is 2.75 bits per heavy atom. The SMILES string of the molecule is NCc1nn2c(c1C1CCCCC1)CCC2. The first-order chi connectivity index (χ1) is 7.90. The van der Waals surface area contributed by atoms with Gasteiger partial charge in [0.05, 0.1) is 5.69 Å². The Bertz CT molecular complexity index is 375. The molecule has 0 amide bonds. The van der Waals surface area contributed by atoms with Gasteiger partial charge < -0.3 is 5.73 Å². The molecular weight excluding hydrogens is 198 g/mol. The van der Waals surface area contributed by atoms with E-state index in [4.69, 9.17) is 5.73 Å². The highest BCUT2D eigenvalue weighted by Gasteiger charge is 2.27. The van der Waals surface area contributed by atoms with Gasteiger partial charge in [0.2, 0.25) is 0 Å². The normalized spacial score (nSPS) is 21.3. The molecule has 1 aromatic heterocycles. The summed E-state index contributed by atoms with van der Waals surface area (Å²) in [5.41, 5.74) is 10.1. The van der Waals surface area contributed by atoms with Gasteiger partial charge in [0.1, 0.15) is 0 Å². The summed E-state index contributed by atoms with van der Waals surface area (Å²) < 4.78 is 2.21. The van der Waals surface area contributed by atoms with Crippen LogP contribution in [-0.2, 0) is 19.5 Å². The number of hydrogen-bond donors (Lipinski definition) is 1. The quantitative estimate of drug-likeness (QED) is 0.829. The number of nitrogens with zero attached hydrogens (tertiary/aromatic N) is 2. The van der Waals surface area contributed by atoms with Crippen LogP contribution < -0.4 is 5.73 Å². The van der Waals surface area contributed by atoms with Crippen molar-refractivity contribution in [2.45, 2.75) is 64.0 Å². The largest absolute Gasteiger partial charge is 0.325 e. The van der Waals surface area contributed by atoms with Crippen molar-refractivity contribution in [3.8, 4) is 0 Å². The summed E-state index contributed by atoms with van der Waals surface area (Å²) in [4.78, 5) is 0. The highest BCUT2D eigenvalue weighted by Crippen LogP contribution is 2.37. The van der Waals surface area contributed by atoms with Gasteiger partial charge in [0, 0.05) is 24.3 Å².